The molecule has 2 heterocycles. The Morgan fingerprint density at radius 3 is 2.81 bits per heavy atom. The summed E-state index contributed by atoms with van der Waals surface area (Å²) in [5.41, 5.74) is 1.39. The molecular formula is C18H17N3O5. The van der Waals surface area contributed by atoms with Gasteiger partial charge in [0.2, 0.25) is 5.91 Å². The van der Waals surface area contributed by atoms with Gasteiger partial charge in [0.1, 0.15) is 5.69 Å². The molecule has 134 valence electrons. The van der Waals surface area contributed by atoms with Crippen molar-refractivity contribution in [1.29, 1.82) is 0 Å². The van der Waals surface area contributed by atoms with Crippen molar-refractivity contribution < 1.29 is 19.6 Å². The second-order valence-electron chi connectivity index (χ2n) is 6.87. The van der Waals surface area contributed by atoms with E-state index in [1.54, 1.807) is 0 Å². The zero-order chi connectivity index (χ0) is 18.5. The Labute approximate surface area is 148 Å². The molecule has 2 unspecified atom stereocenters. The number of nitro groups is 1. The van der Waals surface area contributed by atoms with E-state index >= 15 is 0 Å². The molecule has 1 spiro atoms. The number of amides is 1. The number of hydrogen-bond donors (Lipinski definition) is 2. The topological polar surface area (TPSA) is 114 Å². The number of benzene rings is 1. The molecule has 0 saturated heterocycles. The summed E-state index contributed by atoms with van der Waals surface area (Å²) >= 11 is 0. The molecule has 1 fully saturated rings. The maximum Gasteiger partial charge on any atom is 0.509 e. The summed E-state index contributed by atoms with van der Waals surface area (Å²) in [6.45, 7) is 0. The lowest BCUT2D eigenvalue weighted by molar-refractivity contribution is -0.390. The number of rotatable bonds is 2. The van der Waals surface area contributed by atoms with E-state index in [2.05, 4.69) is 5.32 Å². The van der Waals surface area contributed by atoms with E-state index in [4.69, 9.17) is 0 Å². The summed E-state index contributed by atoms with van der Waals surface area (Å²) < 4.78 is 0.739. The highest BCUT2D eigenvalue weighted by atomic mass is 16.6. The molecule has 1 aromatic heterocycles. The highest BCUT2D eigenvalue weighted by molar-refractivity contribution is 6.06. The van der Waals surface area contributed by atoms with Gasteiger partial charge in [-0.05, 0) is 41.9 Å². The van der Waals surface area contributed by atoms with E-state index in [9.17, 15) is 24.8 Å². The van der Waals surface area contributed by atoms with E-state index < -0.39 is 22.2 Å². The first-order valence-electron chi connectivity index (χ1n) is 8.44. The Bertz CT molecular complexity index is 935. The van der Waals surface area contributed by atoms with Crippen molar-refractivity contribution in [1.82, 2.24) is 4.57 Å². The lowest BCUT2D eigenvalue weighted by Gasteiger charge is -2.35. The molecule has 1 aliphatic heterocycles. The van der Waals surface area contributed by atoms with Crippen molar-refractivity contribution in [3.8, 4) is 0 Å². The number of carbonyl (C=O) groups is 2. The van der Waals surface area contributed by atoms with Gasteiger partial charge in [0.25, 0.3) is 0 Å². The van der Waals surface area contributed by atoms with Crippen LogP contribution in [0.3, 0.4) is 0 Å². The SMILES string of the molecule is O=C(O)n1c(C2CCCC3(C2)C(=O)Nc2ccccc23)ccc1[N+](=O)[O-]. The Morgan fingerprint density at radius 1 is 1.31 bits per heavy atom. The first-order valence-corrected chi connectivity index (χ1v) is 8.44. The molecule has 2 atom stereocenters. The Balaban J connectivity index is 1.77. The molecular weight excluding hydrogens is 338 g/mol. The van der Waals surface area contributed by atoms with Gasteiger partial charge in [-0.25, -0.2) is 0 Å². The Kier molecular flexibility index (Phi) is 3.57. The zero-order valence-corrected chi connectivity index (χ0v) is 13.8. The van der Waals surface area contributed by atoms with Gasteiger partial charge >= 0.3 is 11.9 Å². The normalized spacial score (nSPS) is 24.3. The van der Waals surface area contributed by atoms with E-state index in [-0.39, 0.29) is 11.8 Å². The average Bonchev–Trinajstić information content (AvgIpc) is 3.17. The number of carbonyl (C=O) groups excluding carboxylic acids is 1. The summed E-state index contributed by atoms with van der Waals surface area (Å²) in [5.74, 6) is -0.791. The fourth-order valence-corrected chi connectivity index (χ4v) is 4.46. The first-order chi connectivity index (χ1) is 12.4. The van der Waals surface area contributed by atoms with Crippen LogP contribution in [-0.4, -0.2) is 26.6 Å². The molecule has 1 amide bonds. The van der Waals surface area contributed by atoms with E-state index in [1.807, 2.05) is 24.3 Å². The molecule has 8 nitrogen and oxygen atoms in total. The van der Waals surface area contributed by atoms with Gasteiger partial charge in [0.05, 0.1) is 5.41 Å². The van der Waals surface area contributed by atoms with Crippen LogP contribution < -0.4 is 5.32 Å². The fourth-order valence-electron chi connectivity index (χ4n) is 4.46. The molecule has 0 bridgehead atoms. The maximum atomic E-state index is 12.8. The van der Waals surface area contributed by atoms with Gasteiger partial charge in [-0.3, -0.25) is 4.79 Å². The molecule has 0 radical (unpaired) electrons. The number of anilines is 1. The van der Waals surface area contributed by atoms with E-state index in [1.165, 1.54) is 12.1 Å². The summed E-state index contributed by atoms with van der Waals surface area (Å²) in [5, 5.41) is 23.5. The third-order valence-corrected chi connectivity index (χ3v) is 5.56. The second-order valence-corrected chi connectivity index (χ2v) is 6.87. The molecule has 1 aliphatic carbocycles. The number of nitrogens with one attached hydrogen (secondary N) is 1. The van der Waals surface area contributed by atoms with Crippen LogP contribution in [-0.2, 0) is 10.2 Å². The molecule has 2 N–H and O–H groups in total. The van der Waals surface area contributed by atoms with Crippen molar-refractivity contribution in [2.24, 2.45) is 0 Å². The molecule has 2 aliphatic rings. The van der Waals surface area contributed by atoms with E-state index in [0.717, 1.165) is 22.2 Å². The molecule has 26 heavy (non-hydrogen) atoms. The van der Waals surface area contributed by atoms with Crippen molar-refractivity contribution in [2.45, 2.75) is 37.0 Å². The quantitative estimate of drug-likeness (QED) is 0.632. The minimum atomic E-state index is -1.38. The van der Waals surface area contributed by atoms with Gasteiger partial charge in [0.15, 0.2) is 0 Å². The van der Waals surface area contributed by atoms with Crippen molar-refractivity contribution in [3.05, 3.63) is 57.8 Å². The minimum Gasteiger partial charge on any atom is -0.446 e. The summed E-state index contributed by atoms with van der Waals surface area (Å²) in [7, 11) is 0. The standard InChI is InChI=1S/C18H17N3O5/c22-16-18(12-5-1-2-6-13(12)19-16)9-3-4-11(10-18)14-7-8-15(21(25)26)20(14)17(23)24/h1-2,5-8,11H,3-4,9-10H2,(H,19,22)(H,23,24). The van der Waals surface area contributed by atoms with Gasteiger partial charge in [-0.2, -0.15) is 4.79 Å². The highest BCUT2D eigenvalue weighted by Gasteiger charge is 2.50. The number of para-hydroxylation sites is 1. The van der Waals surface area contributed by atoms with Crippen LogP contribution in [0.15, 0.2) is 36.4 Å². The molecule has 8 heteroatoms. The zero-order valence-electron chi connectivity index (χ0n) is 13.8. The van der Waals surface area contributed by atoms with Gasteiger partial charge < -0.3 is 20.5 Å². The molecule has 1 saturated carbocycles. The third-order valence-electron chi connectivity index (χ3n) is 5.56. The largest absolute Gasteiger partial charge is 0.509 e. The molecule has 4 rings (SSSR count). The highest BCUT2D eigenvalue weighted by Crippen LogP contribution is 2.51. The maximum absolute atomic E-state index is 12.8. The fraction of sp³-hybridized carbons (Fsp3) is 0.333. The number of aromatic nitrogens is 1. The predicted octanol–water partition coefficient (Wildman–Crippen LogP) is 3.47. The Hall–Kier alpha value is -3.16. The van der Waals surface area contributed by atoms with Crippen LogP contribution in [0.1, 0.15) is 42.9 Å². The van der Waals surface area contributed by atoms with Crippen LogP contribution in [0.4, 0.5) is 16.3 Å². The van der Waals surface area contributed by atoms with Crippen LogP contribution in [0.5, 0.6) is 0 Å². The van der Waals surface area contributed by atoms with E-state index in [0.29, 0.717) is 25.0 Å². The lowest BCUT2D eigenvalue weighted by Crippen LogP contribution is -2.39. The van der Waals surface area contributed by atoms with Crippen molar-refractivity contribution in [2.75, 3.05) is 5.32 Å². The van der Waals surface area contributed by atoms with Gasteiger partial charge in [-0.1, -0.05) is 24.6 Å². The number of carboxylic acid groups (broad SMARTS) is 1. The predicted molar refractivity (Wildman–Crippen MR) is 92.5 cm³/mol. The average molecular weight is 355 g/mol. The monoisotopic (exact) mass is 355 g/mol. The summed E-state index contributed by atoms with van der Waals surface area (Å²) in [4.78, 5) is 34.8. The smallest absolute Gasteiger partial charge is 0.446 e. The van der Waals surface area contributed by atoms with Crippen LogP contribution >= 0.6 is 0 Å². The number of nitrogens with zero attached hydrogens (tertiary/aromatic N) is 2. The number of fused-ring (bicyclic) bond motifs is 2. The summed E-state index contributed by atoms with van der Waals surface area (Å²) in [6, 6.07) is 10.2. The molecule has 1 aromatic carbocycles. The Morgan fingerprint density at radius 2 is 2.08 bits per heavy atom. The first kappa shape index (κ1) is 16.3. The van der Waals surface area contributed by atoms with Crippen LogP contribution in [0.2, 0.25) is 0 Å². The molecule has 2 aromatic rings. The van der Waals surface area contributed by atoms with Gasteiger partial charge in [-0.15, -0.1) is 4.57 Å². The summed E-state index contributed by atoms with van der Waals surface area (Å²) in [6.07, 6.45) is 1.16. The second kappa shape index (κ2) is 5.69. The van der Waals surface area contributed by atoms with Gasteiger partial charge in [0, 0.05) is 17.7 Å². The van der Waals surface area contributed by atoms with Crippen LogP contribution in [0.25, 0.3) is 0 Å². The van der Waals surface area contributed by atoms with Crippen LogP contribution in [0, 0.1) is 10.1 Å². The van der Waals surface area contributed by atoms with Crippen molar-refractivity contribution >= 4 is 23.5 Å². The van der Waals surface area contributed by atoms with Crippen molar-refractivity contribution in [3.63, 3.8) is 0 Å². The number of hydrogen-bond acceptors (Lipinski definition) is 4. The minimum absolute atomic E-state index is 0.0775. The third kappa shape index (κ3) is 2.22. The lowest BCUT2D eigenvalue weighted by atomic mass is 9.66.